The summed E-state index contributed by atoms with van der Waals surface area (Å²) in [6, 6.07) is 9.33. The number of nitrogens with one attached hydrogen (secondary N) is 1. The zero-order valence-electron chi connectivity index (χ0n) is 23.9. The summed E-state index contributed by atoms with van der Waals surface area (Å²) in [5.74, 6) is 0.398. The van der Waals surface area contributed by atoms with E-state index in [2.05, 4.69) is 12.2 Å². The van der Waals surface area contributed by atoms with Crippen LogP contribution in [-0.4, -0.2) is 48.4 Å². The maximum Gasteiger partial charge on any atom is 0.325 e. The van der Waals surface area contributed by atoms with Crippen molar-refractivity contribution in [1.82, 2.24) is 10.2 Å². The molecule has 7 nitrogen and oxygen atoms in total. The van der Waals surface area contributed by atoms with Crippen LogP contribution in [0.1, 0.15) is 99.0 Å². The number of nitrogens with zero attached hydrogens (tertiary/aromatic N) is 1. The molecule has 0 spiro atoms. The molecule has 3 N–H and O–H groups in total. The van der Waals surface area contributed by atoms with Crippen LogP contribution < -0.4 is 11.1 Å². The van der Waals surface area contributed by atoms with Crippen molar-refractivity contribution < 1.29 is 19.1 Å². The van der Waals surface area contributed by atoms with E-state index in [9.17, 15) is 14.4 Å². The Morgan fingerprint density at radius 1 is 1.08 bits per heavy atom. The number of rotatable bonds is 11. The molecule has 0 saturated heterocycles. The Kier molecular flexibility index (Phi) is 24.1. The fourth-order valence-electron chi connectivity index (χ4n) is 3.76. The number of carbonyl (C=O) groups excluding carboxylic acids is 3. The SMILES string of the molecule is CC.CC.CC(CC1CCCCC1)NC(=O)C(C)N.CCCN(C=O)CC(=O)OCc1ccccc1. The first-order valence-electron chi connectivity index (χ1n) is 13.8. The summed E-state index contributed by atoms with van der Waals surface area (Å²) < 4.78 is 5.07. The van der Waals surface area contributed by atoms with E-state index in [0.717, 1.165) is 24.3 Å². The van der Waals surface area contributed by atoms with E-state index < -0.39 is 0 Å². The highest BCUT2D eigenvalue weighted by atomic mass is 16.5. The first kappa shape index (κ1) is 35.8. The number of hydrogen-bond acceptors (Lipinski definition) is 5. The van der Waals surface area contributed by atoms with Crippen molar-refractivity contribution in [3.8, 4) is 0 Å². The molecule has 0 aromatic heterocycles. The molecule has 0 aliphatic heterocycles. The van der Waals surface area contributed by atoms with Gasteiger partial charge in [-0.15, -0.1) is 0 Å². The number of amides is 2. The molecule has 1 aromatic carbocycles. The second-order valence-electron chi connectivity index (χ2n) is 8.66. The lowest BCUT2D eigenvalue weighted by molar-refractivity contribution is -0.148. The third-order valence-corrected chi connectivity index (χ3v) is 5.45. The molecule has 2 unspecified atom stereocenters. The molecule has 2 rings (SSSR count). The van der Waals surface area contributed by atoms with Crippen molar-refractivity contribution in [3.63, 3.8) is 0 Å². The largest absolute Gasteiger partial charge is 0.459 e. The molecule has 208 valence electrons. The lowest BCUT2D eigenvalue weighted by atomic mass is 9.85. The smallest absolute Gasteiger partial charge is 0.325 e. The average molecular weight is 508 g/mol. The first-order valence-corrected chi connectivity index (χ1v) is 13.8. The van der Waals surface area contributed by atoms with E-state index in [1.165, 1.54) is 37.0 Å². The van der Waals surface area contributed by atoms with Crippen molar-refractivity contribution in [3.05, 3.63) is 35.9 Å². The molecule has 1 aliphatic rings. The second-order valence-corrected chi connectivity index (χ2v) is 8.66. The zero-order chi connectivity index (χ0) is 27.8. The van der Waals surface area contributed by atoms with Gasteiger partial charge >= 0.3 is 5.97 Å². The Morgan fingerprint density at radius 2 is 1.67 bits per heavy atom. The van der Waals surface area contributed by atoms with Gasteiger partial charge < -0.3 is 20.7 Å². The molecule has 0 heterocycles. The van der Waals surface area contributed by atoms with Crippen molar-refractivity contribution >= 4 is 18.3 Å². The molecule has 2 amide bonds. The maximum absolute atomic E-state index is 11.4. The standard InChI is InChI=1S/C13H17NO3.C12H24N2O.2C2H6/c1-2-8-14(11-15)9-13(16)17-10-12-6-4-3-5-7-12;1-9(14-12(15)10(2)13)8-11-6-4-3-5-7-11;2*1-2/h3-7,11H,2,8-10H2,1H3;9-11H,3-8,13H2,1-2H3,(H,14,15);2*1-2H3. The first-order chi connectivity index (χ1) is 17.3. The minimum absolute atomic E-state index is 0.0180. The lowest BCUT2D eigenvalue weighted by Crippen LogP contribution is -2.43. The second kappa shape index (κ2) is 24.3. The predicted octanol–water partition coefficient (Wildman–Crippen LogP) is 5.46. The highest BCUT2D eigenvalue weighted by Gasteiger charge is 2.18. The van der Waals surface area contributed by atoms with E-state index >= 15 is 0 Å². The highest BCUT2D eigenvalue weighted by Crippen LogP contribution is 2.27. The Balaban J connectivity index is 0. The average Bonchev–Trinajstić information content (AvgIpc) is 2.91. The Labute approximate surface area is 220 Å². The maximum atomic E-state index is 11.4. The van der Waals surface area contributed by atoms with Gasteiger partial charge in [0.1, 0.15) is 13.2 Å². The van der Waals surface area contributed by atoms with Gasteiger partial charge in [0.05, 0.1) is 6.04 Å². The Morgan fingerprint density at radius 3 is 2.17 bits per heavy atom. The van der Waals surface area contributed by atoms with Crippen LogP contribution in [-0.2, 0) is 25.7 Å². The number of ether oxygens (including phenoxy) is 1. The van der Waals surface area contributed by atoms with Crippen LogP contribution in [0.25, 0.3) is 0 Å². The van der Waals surface area contributed by atoms with Gasteiger partial charge in [-0.05, 0) is 38.2 Å². The van der Waals surface area contributed by atoms with Gasteiger partial charge in [0.25, 0.3) is 0 Å². The molecule has 1 saturated carbocycles. The number of nitrogens with two attached hydrogens (primary N) is 1. The summed E-state index contributed by atoms with van der Waals surface area (Å²) in [5, 5.41) is 2.96. The number of carbonyl (C=O) groups is 3. The number of hydrogen-bond donors (Lipinski definition) is 2. The molecule has 7 heteroatoms. The third kappa shape index (κ3) is 18.9. The Hall–Kier alpha value is -2.41. The number of esters is 1. The van der Waals surface area contributed by atoms with Gasteiger partial charge in [-0.25, -0.2) is 0 Å². The molecule has 0 bridgehead atoms. The van der Waals surface area contributed by atoms with Gasteiger partial charge in [0, 0.05) is 12.6 Å². The van der Waals surface area contributed by atoms with Crippen LogP contribution in [0.2, 0.25) is 0 Å². The molecule has 0 radical (unpaired) electrons. The third-order valence-electron chi connectivity index (χ3n) is 5.45. The van der Waals surface area contributed by atoms with Crippen LogP contribution >= 0.6 is 0 Å². The van der Waals surface area contributed by atoms with E-state index in [1.807, 2.05) is 65.0 Å². The molecular formula is C29H53N3O4. The van der Waals surface area contributed by atoms with Gasteiger partial charge in [-0.2, -0.15) is 0 Å². The molecule has 1 fully saturated rings. The monoisotopic (exact) mass is 507 g/mol. The predicted molar refractivity (Wildman–Crippen MR) is 149 cm³/mol. The quantitative estimate of drug-likeness (QED) is 0.306. The molecule has 1 aromatic rings. The minimum atomic E-state index is -0.390. The number of benzene rings is 1. The normalized spacial score (nSPS) is 14.1. The molecule has 1 aliphatic carbocycles. The van der Waals surface area contributed by atoms with Gasteiger partial charge in [0.2, 0.25) is 12.3 Å². The van der Waals surface area contributed by atoms with Gasteiger partial charge in [0.15, 0.2) is 0 Å². The van der Waals surface area contributed by atoms with E-state index in [4.69, 9.17) is 10.5 Å². The lowest BCUT2D eigenvalue weighted by Gasteiger charge is -2.25. The van der Waals surface area contributed by atoms with E-state index in [0.29, 0.717) is 13.0 Å². The fraction of sp³-hybridized carbons (Fsp3) is 0.690. The van der Waals surface area contributed by atoms with Crippen LogP contribution in [0.4, 0.5) is 0 Å². The van der Waals surface area contributed by atoms with Gasteiger partial charge in [-0.3, -0.25) is 14.4 Å². The molecule has 36 heavy (non-hydrogen) atoms. The highest BCUT2D eigenvalue weighted by molar-refractivity contribution is 5.81. The summed E-state index contributed by atoms with van der Waals surface area (Å²) in [7, 11) is 0. The summed E-state index contributed by atoms with van der Waals surface area (Å²) in [6.07, 6.45) is 9.38. The molecule has 2 atom stereocenters. The van der Waals surface area contributed by atoms with Crippen molar-refractivity contribution in [2.45, 2.75) is 112 Å². The minimum Gasteiger partial charge on any atom is -0.459 e. The van der Waals surface area contributed by atoms with Crippen LogP contribution in [0.15, 0.2) is 30.3 Å². The Bertz CT molecular complexity index is 662. The van der Waals surface area contributed by atoms with E-state index in [-0.39, 0.29) is 37.1 Å². The van der Waals surface area contributed by atoms with Crippen molar-refractivity contribution in [2.24, 2.45) is 11.7 Å². The summed E-state index contributed by atoms with van der Waals surface area (Å²) in [4.78, 5) is 34.8. The van der Waals surface area contributed by atoms with Gasteiger partial charge in [-0.1, -0.05) is 97.1 Å². The summed E-state index contributed by atoms with van der Waals surface area (Å²) in [5.41, 5.74) is 6.44. The summed E-state index contributed by atoms with van der Waals surface area (Å²) in [6.45, 7) is 14.6. The zero-order valence-corrected chi connectivity index (χ0v) is 23.9. The fourth-order valence-corrected chi connectivity index (χ4v) is 3.76. The van der Waals surface area contributed by atoms with Crippen LogP contribution in [0.3, 0.4) is 0 Å². The van der Waals surface area contributed by atoms with E-state index in [1.54, 1.807) is 6.92 Å². The summed E-state index contributed by atoms with van der Waals surface area (Å²) >= 11 is 0. The van der Waals surface area contributed by atoms with Crippen LogP contribution in [0, 0.1) is 5.92 Å². The van der Waals surface area contributed by atoms with Crippen LogP contribution in [0.5, 0.6) is 0 Å². The topological polar surface area (TPSA) is 102 Å². The van der Waals surface area contributed by atoms with Crippen molar-refractivity contribution in [2.75, 3.05) is 13.1 Å². The molecular weight excluding hydrogens is 454 g/mol. The van der Waals surface area contributed by atoms with Crippen molar-refractivity contribution in [1.29, 1.82) is 0 Å².